The molecule has 0 saturated carbocycles. The van der Waals surface area contributed by atoms with Gasteiger partial charge in [0.05, 0.1) is 0 Å². The molecule has 5 heteroatoms. The van der Waals surface area contributed by atoms with E-state index in [1.807, 2.05) is 12.1 Å². The zero-order valence-electron chi connectivity index (χ0n) is 10.9. The van der Waals surface area contributed by atoms with Crippen LogP contribution in [0.25, 0.3) is 0 Å². The molecule has 0 fully saturated rings. The van der Waals surface area contributed by atoms with Gasteiger partial charge in [0.25, 0.3) is 0 Å². The summed E-state index contributed by atoms with van der Waals surface area (Å²) >= 11 is 12.0. The van der Waals surface area contributed by atoms with Gasteiger partial charge >= 0.3 is 0 Å². The summed E-state index contributed by atoms with van der Waals surface area (Å²) in [6, 6.07) is 7.80. The molecule has 1 aliphatic rings. The lowest BCUT2D eigenvalue weighted by Gasteiger charge is -2.29. The summed E-state index contributed by atoms with van der Waals surface area (Å²) in [6.45, 7) is 2.64. The van der Waals surface area contributed by atoms with Crippen LogP contribution < -0.4 is 5.73 Å². The van der Waals surface area contributed by atoms with Gasteiger partial charge in [0.2, 0.25) is 0 Å². The Morgan fingerprint density at radius 1 is 1.30 bits per heavy atom. The number of aromatic nitrogens is 1. The summed E-state index contributed by atoms with van der Waals surface area (Å²) in [4.78, 5) is 6.44. The van der Waals surface area contributed by atoms with E-state index in [-0.39, 0.29) is 0 Å². The molecule has 20 heavy (non-hydrogen) atoms. The number of hydrogen-bond acceptors (Lipinski definition) is 3. The second-order valence-electron chi connectivity index (χ2n) is 5.04. The Bertz CT molecular complexity index is 643. The highest BCUT2D eigenvalue weighted by atomic mass is 35.5. The van der Waals surface area contributed by atoms with Crippen molar-refractivity contribution in [3.8, 4) is 0 Å². The zero-order chi connectivity index (χ0) is 14.1. The van der Waals surface area contributed by atoms with Crippen LogP contribution in [-0.2, 0) is 19.5 Å². The number of anilines is 1. The van der Waals surface area contributed by atoms with E-state index >= 15 is 0 Å². The second-order valence-corrected chi connectivity index (χ2v) is 5.84. The van der Waals surface area contributed by atoms with Crippen molar-refractivity contribution >= 4 is 28.9 Å². The zero-order valence-corrected chi connectivity index (χ0v) is 12.5. The number of fused-ring (bicyclic) bond motifs is 1. The fourth-order valence-corrected chi connectivity index (χ4v) is 3.05. The molecule has 2 heterocycles. The Kier molecular flexibility index (Phi) is 3.83. The van der Waals surface area contributed by atoms with Crippen molar-refractivity contribution in [1.82, 2.24) is 9.88 Å². The van der Waals surface area contributed by atoms with E-state index in [1.54, 1.807) is 12.3 Å². The Hall–Kier alpha value is -1.29. The molecule has 0 unspecified atom stereocenters. The van der Waals surface area contributed by atoms with Crippen LogP contribution >= 0.6 is 23.2 Å². The highest BCUT2D eigenvalue weighted by Crippen LogP contribution is 2.26. The Balaban J connectivity index is 1.77. The van der Waals surface area contributed by atoms with Crippen LogP contribution in [0.2, 0.25) is 10.2 Å². The third-order valence-electron chi connectivity index (χ3n) is 3.67. The first-order valence-electron chi connectivity index (χ1n) is 6.52. The summed E-state index contributed by atoms with van der Waals surface area (Å²) in [5, 5.41) is 1.10. The van der Waals surface area contributed by atoms with Crippen LogP contribution in [0.5, 0.6) is 0 Å². The fourth-order valence-electron chi connectivity index (χ4n) is 2.63. The van der Waals surface area contributed by atoms with Gasteiger partial charge in [-0.1, -0.05) is 35.3 Å². The van der Waals surface area contributed by atoms with E-state index in [4.69, 9.17) is 28.9 Å². The van der Waals surface area contributed by atoms with E-state index < -0.39 is 0 Å². The van der Waals surface area contributed by atoms with Crippen LogP contribution in [0.3, 0.4) is 0 Å². The minimum Gasteiger partial charge on any atom is -0.398 e. The smallest absolute Gasteiger partial charge is 0.130 e. The predicted molar refractivity (Wildman–Crippen MR) is 82.9 cm³/mol. The quantitative estimate of drug-likeness (QED) is 0.682. The molecule has 3 nitrogen and oxygen atoms in total. The number of benzene rings is 1. The normalized spacial score (nSPS) is 15.1. The van der Waals surface area contributed by atoms with Crippen molar-refractivity contribution in [3.05, 3.63) is 57.3 Å². The maximum Gasteiger partial charge on any atom is 0.130 e. The lowest BCUT2D eigenvalue weighted by atomic mass is 9.98. The fraction of sp³-hybridized carbons (Fsp3) is 0.267. The number of pyridine rings is 1. The number of hydrogen-bond donors (Lipinski definition) is 1. The second kappa shape index (κ2) is 5.60. The summed E-state index contributed by atoms with van der Waals surface area (Å²) in [7, 11) is 0. The van der Waals surface area contributed by atoms with E-state index in [0.29, 0.717) is 10.2 Å². The Morgan fingerprint density at radius 3 is 2.95 bits per heavy atom. The molecule has 1 aromatic heterocycles. The van der Waals surface area contributed by atoms with Crippen molar-refractivity contribution < 1.29 is 0 Å². The van der Waals surface area contributed by atoms with Crippen LogP contribution in [0.15, 0.2) is 30.5 Å². The molecule has 2 N–H and O–H groups in total. The van der Waals surface area contributed by atoms with Gasteiger partial charge < -0.3 is 5.73 Å². The first-order valence-corrected chi connectivity index (χ1v) is 7.27. The van der Waals surface area contributed by atoms with E-state index in [9.17, 15) is 0 Å². The van der Waals surface area contributed by atoms with Crippen LogP contribution in [0.4, 0.5) is 5.69 Å². The lowest BCUT2D eigenvalue weighted by molar-refractivity contribution is 0.245. The third-order valence-corrected chi connectivity index (χ3v) is 4.23. The van der Waals surface area contributed by atoms with Gasteiger partial charge in [0.1, 0.15) is 5.15 Å². The highest BCUT2D eigenvalue weighted by Gasteiger charge is 2.18. The molecule has 0 atom stereocenters. The van der Waals surface area contributed by atoms with Gasteiger partial charge in [-0.15, -0.1) is 0 Å². The average Bonchev–Trinajstić information content (AvgIpc) is 2.42. The molecule has 2 aromatic rings. The lowest BCUT2D eigenvalue weighted by Crippen LogP contribution is -2.30. The van der Waals surface area contributed by atoms with Gasteiger partial charge in [-0.2, -0.15) is 0 Å². The molecule has 104 valence electrons. The molecular formula is C15H15Cl2N3. The molecule has 3 rings (SSSR count). The largest absolute Gasteiger partial charge is 0.398 e. The minimum atomic E-state index is 0.426. The topological polar surface area (TPSA) is 42.1 Å². The van der Waals surface area contributed by atoms with Gasteiger partial charge in [0, 0.05) is 42.1 Å². The molecular weight excluding hydrogens is 293 g/mol. The first-order chi connectivity index (χ1) is 9.63. The third kappa shape index (κ3) is 2.75. The van der Waals surface area contributed by atoms with Crippen molar-refractivity contribution in [2.75, 3.05) is 12.3 Å². The van der Waals surface area contributed by atoms with Crippen molar-refractivity contribution in [2.24, 2.45) is 0 Å². The van der Waals surface area contributed by atoms with Crippen molar-refractivity contribution in [2.45, 2.75) is 19.5 Å². The van der Waals surface area contributed by atoms with E-state index in [1.165, 1.54) is 11.1 Å². The van der Waals surface area contributed by atoms with Gasteiger partial charge in [0.15, 0.2) is 0 Å². The first kappa shape index (κ1) is 13.7. The van der Waals surface area contributed by atoms with Crippen LogP contribution in [0.1, 0.15) is 16.7 Å². The Morgan fingerprint density at radius 2 is 2.15 bits per heavy atom. The summed E-state index contributed by atoms with van der Waals surface area (Å²) < 4.78 is 0. The summed E-state index contributed by atoms with van der Waals surface area (Å²) in [5.74, 6) is 0. The number of nitrogens with two attached hydrogens (primary N) is 1. The summed E-state index contributed by atoms with van der Waals surface area (Å²) in [6.07, 6.45) is 2.72. The minimum absolute atomic E-state index is 0.426. The molecule has 0 spiro atoms. The number of rotatable bonds is 2. The predicted octanol–water partition coefficient (Wildman–Crippen LogP) is 3.53. The van der Waals surface area contributed by atoms with Crippen LogP contribution in [-0.4, -0.2) is 16.4 Å². The summed E-state index contributed by atoms with van der Waals surface area (Å²) in [5.41, 5.74) is 10.5. The number of nitrogen functional groups attached to an aromatic ring is 1. The molecule has 0 aliphatic carbocycles. The molecule has 0 bridgehead atoms. The molecule has 1 aromatic carbocycles. The molecule has 1 aliphatic heterocycles. The van der Waals surface area contributed by atoms with Crippen molar-refractivity contribution in [1.29, 1.82) is 0 Å². The SMILES string of the molecule is Nc1cccc2c1CCN(Cc1cnc(Cl)cc1Cl)C2. The monoisotopic (exact) mass is 307 g/mol. The maximum absolute atomic E-state index is 6.20. The molecule has 0 amide bonds. The van der Waals surface area contributed by atoms with E-state index in [0.717, 1.165) is 37.3 Å². The van der Waals surface area contributed by atoms with E-state index in [2.05, 4.69) is 16.0 Å². The van der Waals surface area contributed by atoms with Gasteiger partial charge in [-0.05, 0) is 29.7 Å². The highest BCUT2D eigenvalue weighted by molar-refractivity contribution is 6.34. The van der Waals surface area contributed by atoms with Gasteiger partial charge in [-0.3, -0.25) is 4.90 Å². The molecule has 0 saturated heterocycles. The van der Waals surface area contributed by atoms with Crippen molar-refractivity contribution in [3.63, 3.8) is 0 Å². The number of nitrogens with zero attached hydrogens (tertiary/aromatic N) is 2. The average molecular weight is 308 g/mol. The van der Waals surface area contributed by atoms with Gasteiger partial charge in [-0.25, -0.2) is 4.98 Å². The molecule has 0 radical (unpaired) electrons. The maximum atomic E-state index is 6.20. The number of halogens is 2. The standard InChI is InChI=1S/C15H15Cl2N3/c16-13-6-15(17)19-7-11(13)9-20-5-4-12-10(8-20)2-1-3-14(12)18/h1-3,6-7H,4-5,8-9,18H2. The Labute approximate surface area is 128 Å². The van der Waals surface area contributed by atoms with Crippen LogP contribution in [0, 0.1) is 0 Å².